The third-order valence-corrected chi connectivity index (χ3v) is 8.34. The van der Waals surface area contributed by atoms with Gasteiger partial charge in [-0.1, -0.05) is 139 Å². The quantitative estimate of drug-likeness (QED) is 0.214. The Hall–Kier alpha value is -3.65. The molecule has 1 aliphatic carbocycles. The first-order valence-corrected chi connectivity index (χ1v) is 14.3. The first-order valence-electron chi connectivity index (χ1n) is 14.3. The maximum absolute atomic E-state index is 13.6. The molecule has 4 rings (SSSR count). The van der Waals surface area contributed by atoms with Crippen LogP contribution in [0.15, 0.2) is 108 Å². The van der Waals surface area contributed by atoms with Gasteiger partial charge in [-0.2, -0.15) is 0 Å². The molecule has 3 aromatic rings. The van der Waals surface area contributed by atoms with E-state index in [0.29, 0.717) is 5.57 Å². The minimum absolute atomic E-state index is 0.00934. The number of ketones is 1. The molecule has 1 N–H and O–H groups in total. The topological polar surface area (TPSA) is 37.3 Å². The Labute approximate surface area is 234 Å². The zero-order valence-corrected chi connectivity index (χ0v) is 24.1. The van der Waals surface area contributed by atoms with E-state index in [1.54, 1.807) is 6.08 Å². The lowest BCUT2D eigenvalue weighted by atomic mass is 9.74. The molecular weight excluding hydrogens is 476 g/mol. The molecule has 2 heteroatoms. The number of phenols is 1. The Morgan fingerprint density at radius 3 is 1.90 bits per heavy atom. The van der Waals surface area contributed by atoms with Crippen LogP contribution < -0.4 is 0 Å². The van der Waals surface area contributed by atoms with E-state index in [9.17, 15) is 9.90 Å². The Balaban J connectivity index is 1.72. The van der Waals surface area contributed by atoms with Crippen LogP contribution in [-0.2, 0) is 15.6 Å². The van der Waals surface area contributed by atoms with Gasteiger partial charge in [-0.3, -0.25) is 4.79 Å². The van der Waals surface area contributed by atoms with Gasteiger partial charge >= 0.3 is 0 Å². The first-order chi connectivity index (χ1) is 18.7. The molecule has 2 nitrogen and oxygen atoms in total. The number of carbonyl (C=O) groups is 1. The van der Waals surface area contributed by atoms with Crippen molar-refractivity contribution in [1.82, 2.24) is 0 Å². The van der Waals surface area contributed by atoms with Gasteiger partial charge in [-0.15, -0.1) is 0 Å². The normalized spacial score (nSPS) is 15.3. The van der Waals surface area contributed by atoms with E-state index in [0.717, 1.165) is 54.4 Å². The average Bonchev–Trinajstić information content (AvgIpc) is 2.94. The highest BCUT2D eigenvalue weighted by Gasteiger charge is 2.29. The van der Waals surface area contributed by atoms with Gasteiger partial charge < -0.3 is 5.11 Å². The highest BCUT2D eigenvalue weighted by atomic mass is 16.3. The molecule has 0 fully saturated rings. The second-order valence-electron chi connectivity index (χ2n) is 11.7. The first kappa shape index (κ1) is 28.4. The molecule has 0 radical (unpaired) electrons. The van der Waals surface area contributed by atoms with E-state index in [1.807, 2.05) is 54.6 Å². The zero-order chi connectivity index (χ0) is 28.0. The number of benzene rings is 3. The van der Waals surface area contributed by atoms with Gasteiger partial charge in [0.25, 0.3) is 0 Å². The van der Waals surface area contributed by atoms with E-state index in [4.69, 9.17) is 0 Å². The third kappa shape index (κ3) is 6.17. The van der Waals surface area contributed by atoms with Gasteiger partial charge in [0.05, 0.1) is 0 Å². The van der Waals surface area contributed by atoms with Crippen molar-refractivity contribution < 1.29 is 9.90 Å². The number of unbranched alkanes of at least 4 members (excludes halogenated alkanes) is 3. The summed E-state index contributed by atoms with van der Waals surface area (Å²) in [7, 11) is 0. The zero-order valence-electron chi connectivity index (χ0n) is 24.1. The van der Waals surface area contributed by atoms with Crippen LogP contribution in [0.25, 0.3) is 5.57 Å². The van der Waals surface area contributed by atoms with Crippen molar-refractivity contribution in [2.45, 2.75) is 77.6 Å². The number of phenolic OH excluding ortho intramolecular Hbond substituents is 1. The van der Waals surface area contributed by atoms with Gasteiger partial charge in [0, 0.05) is 22.0 Å². The maximum Gasteiger partial charge on any atom is 0.186 e. The summed E-state index contributed by atoms with van der Waals surface area (Å²) >= 11 is 0. The molecule has 0 saturated carbocycles. The summed E-state index contributed by atoms with van der Waals surface area (Å²) in [6.45, 7) is 10.9. The fourth-order valence-corrected chi connectivity index (χ4v) is 5.52. The van der Waals surface area contributed by atoms with Crippen molar-refractivity contribution in [3.63, 3.8) is 0 Å². The predicted molar refractivity (Wildman–Crippen MR) is 164 cm³/mol. The Morgan fingerprint density at radius 2 is 1.33 bits per heavy atom. The maximum atomic E-state index is 13.6. The van der Waals surface area contributed by atoms with Gasteiger partial charge in [-0.25, -0.2) is 0 Å². The lowest BCUT2D eigenvalue weighted by Gasteiger charge is -2.29. The largest absolute Gasteiger partial charge is 0.507 e. The fourth-order valence-electron chi connectivity index (χ4n) is 5.52. The standard InChI is InChI=1S/C37H42O2/c1-6-7-8-15-20-31(32-23-21-29(25-34(32)38)36(2,3)27-16-11-9-12-17-27)33-24-22-30(26-35(33)39)37(4,5)28-18-13-10-14-19-28/h9-14,16-19,21-26,38H,6-8,15,20H2,1-5H3. The molecule has 0 aliphatic heterocycles. The van der Waals surface area contributed by atoms with Crippen molar-refractivity contribution in [3.8, 4) is 5.75 Å². The van der Waals surface area contributed by atoms with E-state index >= 15 is 0 Å². The summed E-state index contributed by atoms with van der Waals surface area (Å²) in [4.78, 5) is 13.6. The van der Waals surface area contributed by atoms with Gasteiger partial charge in [0.2, 0.25) is 0 Å². The monoisotopic (exact) mass is 518 g/mol. The van der Waals surface area contributed by atoms with Crippen LogP contribution in [0.2, 0.25) is 0 Å². The second-order valence-corrected chi connectivity index (χ2v) is 11.7. The summed E-state index contributed by atoms with van der Waals surface area (Å²) in [6, 6.07) is 26.7. The minimum atomic E-state index is -0.285. The molecule has 0 saturated heterocycles. The number of aromatic hydroxyl groups is 1. The van der Waals surface area contributed by atoms with E-state index < -0.39 is 0 Å². The van der Waals surface area contributed by atoms with Crippen LogP contribution >= 0.6 is 0 Å². The predicted octanol–water partition coefficient (Wildman–Crippen LogP) is 9.49. The van der Waals surface area contributed by atoms with Gasteiger partial charge in [-0.05, 0) is 52.8 Å². The Bertz CT molecular complexity index is 1390. The van der Waals surface area contributed by atoms with Crippen LogP contribution in [0.1, 0.15) is 89.0 Å². The molecule has 0 aromatic heterocycles. The SMILES string of the molecule is CCCCCCC(=C1C=CC(C(C)(C)c2ccccc2)=CC1=O)c1ccc(C(C)(C)c2ccccc2)cc1O. The van der Waals surface area contributed by atoms with E-state index in [1.165, 1.54) is 11.1 Å². The van der Waals surface area contributed by atoms with Crippen LogP contribution in [0.3, 0.4) is 0 Å². The Kier molecular flexibility index (Phi) is 8.75. The molecule has 39 heavy (non-hydrogen) atoms. The van der Waals surface area contributed by atoms with Crippen molar-refractivity contribution >= 4 is 11.4 Å². The summed E-state index contributed by atoms with van der Waals surface area (Å²) in [5.74, 6) is 0.241. The van der Waals surface area contributed by atoms with Crippen molar-refractivity contribution in [3.05, 3.63) is 130 Å². The highest BCUT2D eigenvalue weighted by Crippen LogP contribution is 2.40. The van der Waals surface area contributed by atoms with Crippen LogP contribution in [0, 0.1) is 0 Å². The summed E-state index contributed by atoms with van der Waals surface area (Å²) in [6.07, 6.45) is 11.0. The summed E-state index contributed by atoms with van der Waals surface area (Å²) < 4.78 is 0. The molecule has 3 aromatic carbocycles. The number of hydrogen-bond donors (Lipinski definition) is 1. The molecule has 1 aliphatic rings. The van der Waals surface area contributed by atoms with Crippen molar-refractivity contribution in [2.75, 3.05) is 0 Å². The van der Waals surface area contributed by atoms with Crippen LogP contribution in [-0.4, -0.2) is 10.9 Å². The Morgan fingerprint density at radius 1 is 0.718 bits per heavy atom. The molecule has 0 spiro atoms. The molecule has 0 heterocycles. The molecule has 0 bridgehead atoms. The molecule has 0 atom stereocenters. The number of rotatable bonds is 10. The minimum Gasteiger partial charge on any atom is -0.507 e. The van der Waals surface area contributed by atoms with Gasteiger partial charge in [0.1, 0.15) is 5.75 Å². The van der Waals surface area contributed by atoms with E-state index in [2.05, 4.69) is 71.0 Å². The highest BCUT2D eigenvalue weighted by molar-refractivity contribution is 6.13. The molecule has 202 valence electrons. The molecular formula is C37H42O2. The third-order valence-electron chi connectivity index (χ3n) is 8.34. The van der Waals surface area contributed by atoms with E-state index in [-0.39, 0.29) is 22.4 Å². The second kappa shape index (κ2) is 12.0. The number of allylic oxidation sites excluding steroid dienone is 6. The fraction of sp³-hybridized carbons (Fsp3) is 0.324. The smallest absolute Gasteiger partial charge is 0.186 e. The van der Waals surface area contributed by atoms with Crippen LogP contribution in [0.4, 0.5) is 0 Å². The lowest BCUT2D eigenvalue weighted by molar-refractivity contribution is -0.111. The van der Waals surface area contributed by atoms with Gasteiger partial charge in [0.15, 0.2) is 5.78 Å². The van der Waals surface area contributed by atoms with Crippen LogP contribution in [0.5, 0.6) is 5.75 Å². The molecule has 0 unspecified atom stereocenters. The molecule has 0 amide bonds. The number of hydrogen-bond acceptors (Lipinski definition) is 2. The van der Waals surface area contributed by atoms with Crippen molar-refractivity contribution in [1.29, 1.82) is 0 Å². The summed E-state index contributed by atoms with van der Waals surface area (Å²) in [5, 5.41) is 11.3. The summed E-state index contributed by atoms with van der Waals surface area (Å²) in [5.41, 5.74) is 6.24. The lowest BCUT2D eigenvalue weighted by Crippen LogP contribution is -2.22. The average molecular weight is 519 g/mol. The van der Waals surface area contributed by atoms with Crippen molar-refractivity contribution in [2.24, 2.45) is 0 Å². The number of carbonyl (C=O) groups excluding carboxylic acids is 1.